The molecule has 0 aliphatic heterocycles. The minimum Gasteiger partial charge on any atom is -0.478 e. The van der Waals surface area contributed by atoms with Gasteiger partial charge in [0.05, 0.1) is 16.6 Å². The van der Waals surface area contributed by atoms with Gasteiger partial charge in [-0.2, -0.15) is 0 Å². The van der Waals surface area contributed by atoms with Crippen LogP contribution in [-0.4, -0.2) is 22.0 Å². The van der Waals surface area contributed by atoms with Crippen LogP contribution in [-0.2, 0) is 0 Å². The maximum absolute atomic E-state index is 12.4. The van der Waals surface area contributed by atoms with Crippen molar-refractivity contribution < 1.29 is 14.7 Å². The summed E-state index contributed by atoms with van der Waals surface area (Å²) < 4.78 is 0. The van der Waals surface area contributed by atoms with Gasteiger partial charge < -0.3 is 15.4 Å². The van der Waals surface area contributed by atoms with Crippen LogP contribution in [0.15, 0.2) is 36.5 Å². The summed E-state index contributed by atoms with van der Waals surface area (Å²) in [6.45, 7) is 1.80. The first kappa shape index (κ1) is 13.4. The number of para-hydroxylation sites is 1. The zero-order chi connectivity index (χ0) is 15.0. The number of aromatic nitrogens is 1. The van der Waals surface area contributed by atoms with Crippen molar-refractivity contribution in [2.45, 2.75) is 6.92 Å². The Labute approximate surface area is 124 Å². The van der Waals surface area contributed by atoms with E-state index in [0.29, 0.717) is 10.6 Å². The Balaban J connectivity index is 1.97. The standard InChI is InChI=1S/C15H12N2O3S/c1-8-7-11(15(19)20)14(21-8)17-13(18)10-4-2-3-9-5-6-16-12(9)10/h2-7,16H,1H3,(H,17,18)(H,19,20). The fourth-order valence-corrected chi connectivity index (χ4v) is 3.11. The van der Waals surface area contributed by atoms with Crippen LogP contribution >= 0.6 is 11.3 Å². The van der Waals surface area contributed by atoms with Crippen LogP contribution in [0.25, 0.3) is 10.9 Å². The number of carboxylic acids is 1. The molecule has 0 atom stereocenters. The first-order valence-corrected chi connectivity index (χ1v) is 7.09. The monoisotopic (exact) mass is 300 g/mol. The number of H-pyrrole nitrogens is 1. The Morgan fingerprint density at radius 3 is 2.81 bits per heavy atom. The van der Waals surface area contributed by atoms with Crippen molar-refractivity contribution >= 4 is 39.1 Å². The van der Waals surface area contributed by atoms with Crippen molar-refractivity contribution in [1.82, 2.24) is 4.98 Å². The molecule has 0 radical (unpaired) electrons. The molecule has 21 heavy (non-hydrogen) atoms. The zero-order valence-corrected chi connectivity index (χ0v) is 12.0. The predicted octanol–water partition coefficient (Wildman–Crippen LogP) is 3.49. The summed E-state index contributed by atoms with van der Waals surface area (Å²) in [5.41, 5.74) is 1.34. The number of thiophene rings is 1. The lowest BCUT2D eigenvalue weighted by Gasteiger charge is -2.05. The molecule has 3 N–H and O–H groups in total. The Morgan fingerprint density at radius 2 is 2.05 bits per heavy atom. The van der Waals surface area contributed by atoms with Crippen LogP contribution in [0.3, 0.4) is 0 Å². The molecule has 2 aromatic heterocycles. The van der Waals surface area contributed by atoms with Gasteiger partial charge in [0, 0.05) is 16.5 Å². The minimum absolute atomic E-state index is 0.115. The van der Waals surface area contributed by atoms with Gasteiger partial charge >= 0.3 is 5.97 Å². The summed E-state index contributed by atoms with van der Waals surface area (Å²) in [7, 11) is 0. The number of rotatable bonds is 3. The zero-order valence-electron chi connectivity index (χ0n) is 11.1. The lowest BCUT2D eigenvalue weighted by molar-refractivity contribution is 0.0698. The molecule has 0 saturated carbocycles. The number of carbonyl (C=O) groups excluding carboxylic acids is 1. The first-order chi connectivity index (χ1) is 10.1. The number of hydrogen-bond acceptors (Lipinski definition) is 3. The maximum atomic E-state index is 12.4. The molecule has 6 heteroatoms. The average molecular weight is 300 g/mol. The Morgan fingerprint density at radius 1 is 1.24 bits per heavy atom. The minimum atomic E-state index is -1.05. The van der Waals surface area contributed by atoms with Crippen LogP contribution in [0.4, 0.5) is 5.00 Å². The number of benzene rings is 1. The molecule has 0 bridgehead atoms. The number of nitrogens with one attached hydrogen (secondary N) is 2. The third-order valence-corrected chi connectivity index (χ3v) is 4.11. The van der Waals surface area contributed by atoms with Crippen LogP contribution < -0.4 is 5.32 Å². The molecule has 0 aliphatic rings. The van der Waals surface area contributed by atoms with E-state index in [0.717, 1.165) is 15.8 Å². The van der Waals surface area contributed by atoms with Crippen molar-refractivity contribution in [3.63, 3.8) is 0 Å². The Bertz CT molecular complexity index is 848. The highest BCUT2D eigenvalue weighted by Crippen LogP contribution is 2.28. The van der Waals surface area contributed by atoms with E-state index in [2.05, 4.69) is 10.3 Å². The summed E-state index contributed by atoms with van der Waals surface area (Å²) >= 11 is 1.25. The lowest BCUT2D eigenvalue weighted by atomic mass is 10.1. The molecule has 3 rings (SSSR count). The van der Waals surface area contributed by atoms with Crippen LogP contribution in [0.1, 0.15) is 25.6 Å². The normalized spacial score (nSPS) is 10.7. The molecule has 0 unspecified atom stereocenters. The lowest BCUT2D eigenvalue weighted by Crippen LogP contribution is -2.13. The van der Waals surface area contributed by atoms with Gasteiger partial charge in [0.15, 0.2) is 0 Å². The summed E-state index contributed by atoms with van der Waals surface area (Å²) in [5.74, 6) is -1.37. The van der Waals surface area contributed by atoms with Crippen LogP contribution in [0.2, 0.25) is 0 Å². The van der Waals surface area contributed by atoms with Crippen molar-refractivity contribution in [2.24, 2.45) is 0 Å². The van der Waals surface area contributed by atoms with Gasteiger partial charge in [0.1, 0.15) is 5.00 Å². The van der Waals surface area contributed by atoms with E-state index in [9.17, 15) is 9.59 Å². The van der Waals surface area contributed by atoms with E-state index in [1.54, 1.807) is 31.3 Å². The second-order valence-electron chi connectivity index (χ2n) is 4.61. The Kier molecular flexibility index (Phi) is 3.23. The highest BCUT2D eigenvalue weighted by Gasteiger charge is 2.18. The van der Waals surface area contributed by atoms with Gasteiger partial charge in [0.25, 0.3) is 5.91 Å². The first-order valence-electron chi connectivity index (χ1n) is 6.27. The van der Waals surface area contributed by atoms with E-state index in [1.807, 2.05) is 12.1 Å². The van der Waals surface area contributed by atoms with E-state index < -0.39 is 5.97 Å². The molecule has 5 nitrogen and oxygen atoms in total. The molecule has 0 aliphatic carbocycles. The highest BCUT2D eigenvalue weighted by molar-refractivity contribution is 7.16. The number of fused-ring (bicyclic) bond motifs is 1. The number of amides is 1. The van der Waals surface area contributed by atoms with Gasteiger partial charge in [-0.05, 0) is 25.1 Å². The van der Waals surface area contributed by atoms with Crippen molar-refractivity contribution in [3.05, 3.63) is 52.5 Å². The van der Waals surface area contributed by atoms with E-state index in [-0.39, 0.29) is 11.5 Å². The fraction of sp³-hybridized carbons (Fsp3) is 0.0667. The second kappa shape index (κ2) is 5.06. The summed E-state index contributed by atoms with van der Waals surface area (Å²) in [4.78, 5) is 27.4. The number of carboxylic acid groups (broad SMARTS) is 1. The van der Waals surface area contributed by atoms with Gasteiger partial charge in [-0.1, -0.05) is 12.1 Å². The van der Waals surface area contributed by atoms with Gasteiger partial charge in [0.2, 0.25) is 0 Å². The quantitative estimate of drug-likeness (QED) is 0.692. The number of aromatic amines is 1. The van der Waals surface area contributed by atoms with Gasteiger partial charge in [-0.15, -0.1) is 11.3 Å². The predicted molar refractivity (Wildman–Crippen MR) is 82.3 cm³/mol. The van der Waals surface area contributed by atoms with E-state index in [4.69, 9.17) is 5.11 Å². The van der Waals surface area contributed by atoms with Crippen molar-refractivity contribution in [2.75, 3.05) is 5.32 Å². The molecule has 1 amide bonds. The maximum Gasteiger partial charge on any atom is 0.338 e. The molecule has 0 spiro atoms. The summed E-state index contributed by atoms with van der Waals surface area (Å²) in [6, 6.07) is 8.83. The van der Waals surface area contributed by atoms with Crippen molar-refractivity contribution in [1.29, 1.82) is 0 Å². The number of carbonyl (C=O) groups is 2. The number of anilines is 1. The molecule has 0 fully saturated rings. The third kappa shape index (κ3) is 2.41. The summed E-state index contributed by atoms with van der Waals surface area (Å²) in [6.07, 6.45) is 1.76. The smallest absolute Gasteiger partial charge is 0.338 e. The van der Waals surface area contributed by atoms with Gasteiger partial charge in [-0.3, -0.25) is 4.79 Å². The molecule has 106 valence electrons. The highest BCUT2D eigenvalue weighted by atomic mass is 32.1. The fourth-order valence-electron chi connectivity index (χ4n) is 2.21. The number of hydrogen-bond donors (Lipinski definition) is 3. The number of aromatic carboxylic acids is 1. The second-order valence-corrected chi connectivity index (χ2v) is 5.86. The molecular weight excluding hydrogens is 288 g/mol. The molecule has 2 heterocycles. The summed E-state index contributed by atoms with van der Waals surface area (Å²) in [5, 5.41) is 13.1. The van der Waals surface area contributed by atoms with Crippen LogP contribution in [0.5, 0.6) is 0 Å². The topological polar surface area (TPSA) is 82.2 Å². The average Bonchev–Trinajstić information content (AvgIpc) is 3.04. The van der Waals surface area contributed by atoms with Gasteiger partial charge in [-0.25, -0.2) is 4.79 Å². The SMILES string of the molecule is Cc1cc(C(=O)O)c(NC(=O)c2cccc3cc[nH]c23)s1. The largest absolute Gasteiger partial charge is 0.478 e. The van der Waals surface area contributed by atoms with Crippen LogP contribution in [0, 0.1) is 6.92 Å². The van der Waals surface area contributed by atoms with Crippen molar-refractivity contribution in [3.8, 4) is 0 Å². The molecule has 0 saturated heterocycles. The Hall–Kier alpha value is -2.60. The third-order valence-electron chi connectivity index (χ3n) is 3.14. The molecule has 1 aromatic carbocycles. The molecular formula is C15H12N2O3S. The number of aryl methyl sites for hydroxylation is 1. The van der Waals surface area contributed by atoms with E-state index in [1.165, 1.54) is 11.3 Å². The molecule has 3 aromatic rings. The van der Waals surface area contributed by atoms with E-state index >= 15 is 0 Å².